The van der Waals surface area contributed by atoms with Crippen molar-refractivity contribution in [1.82, 2.24) is 0 Å². The Morgan fingerprint density at radius 3 is 3.06 bits per heavy atom. The SMILES string of the molecule is CCC1CN(CC(=O)O)c2ccc(N)cc2O1. The van der Waals surface area contributed by atoms with Crippen LogP contribution in [0.5, 0.6) is 5.75 Å². The third kappa shape index (κ3) is 2.43. The van der Waals surface area contributed by atoms with E-state index in [4.69, 9.17) is 15.6 Å². The van der Waals surface area contributed by atoms with E-state index in [-0.39, 0.29) is 12.6 Å². The van der Waals surface area contributed by atoms with Crippen LogP contribution in [0.25, 0.3) is 0 Å². The molecule has 5 nitrogen and oxygen atoms in total. The first-order valence-corrected chi connectivity index (χ1v) is 5.63. The van der Waals surface area contributed by atoms with Crippen molar-refractivity contribution in [3.63, 3.8) is 0 Å². The van der Waals surface area contributed by atoms with Crippen molar-refractivity contribution in [3.05, 3.63) is 18.2 Å². The van der Waals surface area contributed by atoms with Gasteiger partial charge in [0.1, 0.15) is 18.4 Å². The van der Waals surface area contributed by atoms with E-state index in [0.29, 0.717) is 18.0 Å². The highest BCUT2D eigenvalue weighted by molar-refractivity contribution is 5.76. The van der Waals surface area contributed by atoms with Crippen LogP contribution in [0.4, 0.5) is 11.4 Å². The lowest BCUT2D eigenvalue weighted by molar-refractivity contribution is -0.135. The fraction of sp³-hybridized carbons (Fsp3) is 0.417. The van der Waals surface area contributed by atoms with Crippen molar-refractivity contribution in [1.29, 1.82) is 0 Å². The number of ether oxygens (including phenoxy) is 1. The largest absolute Gasteiger partial charge is 0.486 e. The Bertz CT molecular complexity index is 434. The molecule has 1 aliphatic rings. The predicted octanol–water partition coefficient (Wildman–Crippen LogP) is 1.33. The number of carboxylic acid groups (broad SMARTS) is 1. The minimum Gasteiger partial charge on any atom is -0.486 e. The molecule has 0 aliphatic carbocycles. The van der Waals surface area contributed by atoms with Crippen molar-refractivity contribution < 1.29 is 14.6 Å². The summed E-state index contributed by atoms with van der Waals surface area (Å²) in [5.41, 5.74) is 7.12. The highest BCUT2D eigenvalue weighted by Crippen LogP contribution is 2.35. The van der Waals surface area contributed by atoms with Gasteiger partial charge in [0.25, 0.3) is 0 Å². The number of nitrogen functional groups attached to an aromatic ring is 1. The van der Waals surface area contributed by atoms with Crippen LogP contribution in [0.3, 0.4) is 0 Å². The molecule has 0 bridgehead atoms. The number of carbonyl (C=O) groups is 1. The lowest BCUT2D eigenvalue weighted by Crippen LogP contribution is -2.42. The monoisotopic (exact) mass is 236 g/mol. The molecule has 0 spiro atoms. The topological polar surface area (TPSA) is 75.8 Å². The molecule has 0 radical (unpaired) electrons. The number of carboxylic acids is 1. The molecule has 0 amide bonds. The summed E-state index contributed by atoms with van der Waals surface area (Å²) in [6, 6.07) is 5.30. The number of rotatable bonds is 3. The first-order valence-electron chi connectivity index (χ1n) is 5.63. The maximum absolute atomic E-state index is 10.8. The van der Waals surface area contributed by atoms with E-state index in [2.05, 4.69) is 0 Å². The summed E-state index contributed by atoms with van der Waals surface area (Å²) in [6.07, 6.45) is 0.855. The van der Waals surface area contributed by atoms with Crippen molar-refractivity contribution in [3.8, 4) is 5.75 Å². The molecule has 0 aromatic heterocycles. The predicted molar refractivity (Wildman–Crippen MR) is 65.4 cm³/mol. The molecule has 0 saturated carbocycles. The first kappa shape index (κ1) is 11.6. The highest BCUT2D eigenvalue weighted by atomic mass is 16.5. The van der Waals surface area contributed by atoms with Gasteiger partial charge in [-0.25, -0.2) is 0 Å². The lowest BCUT2D eigenvalue weighted by Gasteiger charge is -2.35. The van der Waals surface area contributed by atoms with Gasteiger partial charge < -0.3 is 20.5 Å². The molecule has 3 N–H and O–H groups in total. The lowest BCUT2D eigenvalue weighted by atomic mass is 10.1. The Labute approximate surface area is 99.8 Å². The Morgan fingerprint density at radius 2 is 2.41 bits per heavy atom. The zero-order valence-corrected chi connectivity index (χ0v) is 9.72. The molecule has 2 rings (SSSR count). The van der Waals surface area contributed by atoms with Crippen LogP contribution in [0.2, 0.25) is 0 Å². The van der Waals surface area contributed by atoms with Crippen LogP contribution in [-0.4, -0.2) is 30.3 Å². The smallest absolute Gasteiger partial charge is 0.323 e. The summed E-state index contributed by atoms with van der Waals surface area (Å²) in [4.78, 5) is 12.6. The molecule has 17 heavy (non-hydrogen) atoms. The molecule has 1 aromatic rings. The van der Waals surface area contributed by atoms with E-state index in [1.807, 2.05) is 11.8 Å². The summed E-state index contributed by atoms with van der Waals surface area (Å²) in [6.45, 7) is 2.59. The Morgan fingerprint density at radius 1 is 1.65 bits per heavy atom. The molecule has 0 saturated heterocycles. The fourth-order valence-electron chi connectivity index (χ4n) is 1.97. The maximum atomic E-state index is 10.8. The standard InChI is InChI=1S/C12H16N2O3/c1-2-9-6-14(7-12(15)16)10-4-3-8(13)5-11(10)17-9/h3-5,9H,2,6-7,13H2,1H3,(H,15,16). The molecule has 1 aromatic carbocycles. The van der Waals surface area contributed by atoms with Gasteiger partial charge in [0.05, 0.1) is 12.2 Å². The van der Waals surface area contributed by atoms with Gasteiger partial charge in [0, 0.05) is 11.8 Å². The molecule has 1 aliphatic heterocycles. The van der Waals surface area contributed by atoms with E-state index in [0.717, 1.165) is 12.1 Å². The Balaban J connectivity index is 2.32. The molecule has 0 fully saturated rings. The third-order valence-corrected chi connectivity index (χ3v) is 2.82. The second-order valence-corrected chi connectivity index (χ2v) is 4.15. The van der Waals surface area contributed by atoms with E-state index < -0.39 is 5.97 Å². The van der Waals surface area contributed by atoms with Gasteiger partial charge in [0.15, 0.2) is 0 Å². The summed E-state index contributed by atoms with van der Waals surface area (Å²) in [5.74, 6) is -0.172. The van der Waals surface area contributed by atoms with E-state index in [9.17, 15) is 4.79 Å². The Hall–Kier alpha value is -1.91. The van der Waals surface area contributed by atoms with Crippen LogP contribution >= 0.6 is 0 Å². The molecule has 1 unspecified atom stereocenters. The number of aliphatic carboxylic acids is 1. The fourth-order valence-corrected chi connectivity index (χ4v) is 1.97. The number of anilines is 2. The molecule has 1 atom stereocenters. The normalized spacial score (nSPS) is 18.4. The second kappa shape index (κ2) is 4.53. The average molecular weight is 236 g/mol. The van der Waals surface area contributed by atoms with Crippen molar-refractivity contribution in [2.45, 2.75) is 19.4 Å². The van der Waals surface area contributed by atoms with Gasteiger partial charge >= 0.3 is 5.97 Å². The number of hydrogen-bond acceptors (Lipinski definition) is 4. The van der Waals surface area contributed by atoms with Gasteiger partial charge in [0.2, 0.25) is 0 Å². The maximum Gasteiger partial charge on any atom is 0.323 e. The van der Waals surface area contributed by atoms with E-state index >= 15 is 0 Å². The summed E-state index contributed by atoms with van der Waals surface area (Å²) < 4.78 is 5.76. The summed E-state index contributed by atoms with van der Waals surface area (Å²) in [5, 5.41) is 8.90. The Kier molecular flexibility index (Phi) is 3.08. The second-order valence-electron chi connectivity index (χ2n) is 4.15. The van der Waals surface area contributed by atoms with Gasteiger partial charge in [-0.2, -0.15) is 0 Å². The zero-order valence-electron chi connectivity index (χ0n) is 9.72. The minimum absolute atomic E-state index is 0.0171. The van der Waals surface area contributed by atoms with E-state index in [1.165, 1.54) is 0 Å². The molecular weight excluding hydrogens is 220 g/mol. The molecule has 92 valence electrons. The van der Waals surface area contributed by atoms with Gasteiger partial charge in [-0.3, -0.25) is 4.79 Å². The summed E-state index contributed by atoms with van der Waals surface area (Å²) in [7, 11) is 0. The quantitative estimate of drug-likeness (QED) is 0.774. The van der Waals surface area contributed by atoms with Crippen molar-refractivity contribution >= 4 is 17.3 Å². The van der Waals surface area contributed by atoms with E-state index in [1.54, 1.807) is 18.2 Å². The number of benzene rings is 1. The van der Waals surface area contributed by atoms with Crippen LogP contribution in [0.1, 0.15) is 13.3 Å². The van der Waals surface area contributed by atoms with Crippen molar-refractivity contribution in [2.75, 3.05) is 23.7 Å². The van der Waals surface area contributed by atoms with Crippen LogP contribution in [0, 0.1) is 0 Å². The number of nitrogens with zero attached hydrogens (tertiary/aromatic N) is 1. The van der Waals surface area contributed by atoms with Gasteiger partial charge in [-0.1, -0.05) is 6.92 Å². The molecular formula is C12H16N2O3. The zero-order chi connectivity index (χ0) is 12.4. The van der Waals surface area contributed by atoms with Crippen LogP contribution in [-0.2, 0) is 4.79 Å². The first-order chi connectivity index (χ1) is 8.10. The average Bonchev–Trinajstić information content (AvgIpc) is 2.27. The molecule has 5 heteroatoms. The van der Waals surface area contributed by atoms with Crippen LogP contribution in [0.15, 0.2) is 18.2 Å². The van der Waals surface area contributed by atoms with Gasteiger partial charge in [-0.05, 0) is 18.6 Å². The van der Waals surface area contributed by atoms with Crippen LogP contribution < -0.4 is 15.4 Å². The minimum atomic E-state index is -0.843. The number of nitrogens with two attached hydrogens (primary N) is 1. The molecule has 1 heterocycles. The third-order valence-electron chi connectivity index (χ3n) is 2.82. The number of fused-ring (bicyclic) bond motifs is 1. The highest BCUT2D eigenvalue weighted by Gasteiger charge is 2.25. The summed E-state index contributed by atoms with van der Waals surface area (Å²) >= 11 is 0. The van der Waals surface area contributed by atoms with Crippen molar-refractivity contribution in [2.24, 2.45) is 0 Å². The number of hydrogen-bond donors (Lipinski definition) is 2. The van der Waals surface area contributed by atoms with Gasteiger partial charge in [-0.15, -0.1) is 0 Å².